The number of carbonyl (C=O) groups is 1. The number of nitro groups is 1. The standard InChI is InChI=1S/C20H19N3O3S2/c1-13-15(4-2-5-16(13)23(25)26)21-19(24)12-22-9-7-17-14(8-11-28-17)20(22)18-6-3-10-27-18/h2-6,8,10-11,20H,7,9,12H2,1H3,(H,21,24)/t20-/m0/s1. The monoisotopic (exact) mass is 413 g/mol. The molecule has 144 valence electrons. The van der Waals surface area contributed by atoms with Gasteiger partial charge in [-0.1, -0.05) is 12.1 Å². The molecule has 0 unspecified atom stereocenters. The van der Waals surface area contributed by atoms with E-state index < -0.39 is 4.92 Å². The van der Waals surface area contributed by atoms with Gasteiger partial charge in [0.1, 0.15) is 0 Å². The highest BCUT2D eigenvalue weighted by atomic mass is 32.1. The summed E-state index contributed by atoms with van der Waals surface area (Å²) in [4.78, 5) is 28.2. The molecule has 3 aromatic rings. The first kappa shape index (κ1) is 18.8. The molecule has 0 bridgehead atoms. The Bertz CT molecular complexity index is 1010. The maximum atomic E-state index is 12.8. The number of nitrogens with zero attached hydrogens (tertiary/aromatic N) is 2. The van der Waals surface area contributed by atoms with Crippen LogP contribution in [0.5, 0.6) is 0 Å². The number of rotatable bonds is 5. The zero-order valence-electron chi connectivity index (χ0n) is 15.3. The van der Waals surface area contributed by atoms with Crippen molar-refractivity contribution >= 4 is 40.0 Å². The summed E-state index contributed by atoms with van der Waals surface area (Å²) in [6.45, 7) is 2.69. The molecule has 1 atom stereocenters. The van der Waals surface area contributed by atoms with Crippen LogP contribution < -0.4 is 5.32 Å². The van der Waals surface area contributed by atoms with Crippen LogP contribution in [0.15, 0.2) is 47.2 Å². The lowest BCUT2D eigenvalue weighted by molar-refractivity contribution is -0.385. The van der Waals surface area contributed by atoms with E-state index in [0.717, 1.165) is 13.0 Å². The summed E-state index contributed by atoms with van der Waals surface area (Å²) in [6, 6.07) is 11.1. The van der Waals surface area contributed by atoms with Crippen molar-refractivity contribution in [2.24, 2.45) is 0 Å². The van der Waals surface area contributed by atoms with Gasteiger partial charge >= 0.3 is 0 Å². The van der Waals surface area contributed by atoms with E-state index in [4.69, 9.17) is 0 Å². The molecular weight excluding hydrogens is 394 g/mol. The molecule has 6 nitrogen and oxygen atoms in total. The molecule has 1 aromatic carbocycles. The molecule has 0 aliphatic carbocycles. The second-order valence-corrected chi connectivity index (χ2v) is 8.67. The number of amides is 1. The second-order valence-electron chi connectivity index (χ2n) is 6.69. The fourth-order valence-corrected chi connectivity index (χ4v) is 5.43. The Balaban J connectivity index is 1.54. The maximum Gasteiger partial charge on any atom is 0.274 e. The Hall–Kier alpha value is -2.55. The van der Waals surface area contributed by atoms with E-state index in [-0.39, 0.29) is 24.2 Å². The molecule has 0 fully saturated rings. The molecule has 2 aromatic heterocycles. The highest BCUT2D eigenvalue weighted by Crippen LogP contribution is 2.39. The topological polar surface area (TPSA) is 75.5 Å². The van der Waals surface area contributed by atoms with Gasteiger partial charge < -0.3 is 5.32 Å². The number of carbonyl (C=O) groups excluding carboxylic acids is 1. The fraction of sp³-hybridized carbons (Fsp3) is 0.250. The minimum atomic E-state index is -0.430. The predicted octanol–water partition coefficient (Wildman–Crippen LogP) is 4.61. The second kappa shape index (κ2) is 7.83. The number of nitro benzene ring substituents is 1. The van der Waals surface area contributed by atoms with Crippen LogP contribution in [0.2, 0.25) is 0 Å². The van der Waals surface area contributed by atoms with E-state index in [2.05, 4.69) is 33.1 Å². The van der Waals surface area contributed by atoms with Crippen molar-refractivity contribution in [2.75, 3.05) is 18.4 Å². The Morgan fingerprint density at radius 2 is 2.11 bits per heavy atom. The van der Waals surface area contributed by atoms with Crippen molar-refractivity contribution in [2.45, 2.75) is 19.4 Å². The molecule has 4 rings (SSSR count). The molecule has 8 heteroatoms. The smallest absolute Gasteiger partial charge is 0.274 e. The lowest BCUT2D eigenvalue weighted by Gasteiger charge is -2.34. The number of fused-ring (bicyclic) bond motifs is 1. The van der Waals surface area contributed by atoms with Crippen molar-refractivity contribution in [1.82, 2.24) is 4.90 Å². The summed E-state index contributed by atoms with van der Waals surface area (Å²) in [5, 5.41) is 18.2. The van der Waals surface area contributed by atoms with E-state index in [0.29, 0.717) is 11.3 Å². The molecule has 3 heterocycles. The molecular formula is C20H19N3O3S2. The van der Waals surface area contributed by atoms with Crippen LogP contribution in [-0.4, -0.2) is 28.8 Å². The number of anilines is 1. The zero-order valence-corrected chi connectivity index (χ0v) is 16.9. The normalized spacial score (nSPS) is 16.5. The fourth-order valence-electron chi connectivity index (χ4n) is 3.65. The van der Waals surface area contributed by atoms with Crippen molar-refractivity contribution < 1.29 is 9.72 Å². The molecule has 1 amide bonds. The van der Waals surface area contributed by atoms with E-state index >= 15 is 0 Å². The van der Waals surface area contributed by atoms with Crippen LogP contribution in [0, 0.1) is 17.0 Å². The predicted molar refractivity (Wildman–Crippen MR) is 112 cm³/mol. The summed E-state index contributed by atoms with van der Waals surface area (Å²) in [6.07, 6.45) is 0.929. The Morgan fingerprint density at radius 3 is 2.86 bits per heavy atom. The number of hydrogen-bond acceptors (Lipinski definition) is 6. The van der Waals surface area contributed by atoms with Gasteiger partial charge in [-0.2, -0.15) is 0 Å². The van der Waals surface area contributed by atoms with Gasteiger partial charge in [-0.3, -0.25) is 19.8 Å². The van der Waals surface area contributed by atoms with E-state index in [1.807, 2.05) is 6.07 Å². The third kappa shape index (κ3) is 3.58. The summed E-state index contributed by atoms with van der Waals surface area (Å²) in [5.74, 6) is -0.163. The van der Waals surface area contributed by atoms with Crippen LogP contribution in [0.1, 0.15) is 26.9 Å². The van der Waals surface area contributed by atoms with Crippen molar-refractivity contribution in [3.05, 3.63) is 78.2 Å². The first-order valence-electron chi connectivity index (χ1n) is 8.92. The number of benzene rings is 1. The summed E-state index contributed by atoms with van der Waals surface area (Å²) in [7, 11) is 0. The van der Waals surface area contributed by atoms with Gasteiger partial charge in [-0.25, -0.2) is 0 Å². The quantitative estimate of drug-likeness (QED) is 0.489. The van der Waals surface area contributed by atoms with E-state index in [1.54, 1.807) is 41.7 Å². The van der Waals surface area contributed by atoms with Gasteiger partial charge in [0, 0.05) is 22.4 Å². The lowest BCUT2D eigenvalue weighted by atomic mass is 9.98. The van der Waals surface area contributed by atoms with Crippen LogP contribution >= 0.6 is 22.7 Å². The van der Waals surface area contributed by atoms with Crippen molar-refractivity contribution in [3.8, 4) is 0 Å². The summed E-state index contributed by atoms with van der Waals surface area (Å²) >= 11 is 3.46. The number of hydrogen-bond donors (Lipinski definition) is 1. The molecule has 1 aliphatic heterocycles. The third-order valence-corrected chi connectivity index (χ3v) is 6.92. The Kier molecular flexibility index (Phi) is 5.25. The Labute approximate surface area is 170 Å². The molecule has 28 heavy (non-hydrogen) atoms. The molecule has 1 N–H and O–H groups in total. The summed E-state index contributed by atoms with van der Waals surface area (Å²) in [5.41, 5.74) is 2.24. The minimum absolute atomic E-state index is 0.00940. The first-order valence-corrected chi connectivity index (χ1v) is 10.7. The SMILES string of the molecule is Cc1c(NC(=O)CN2CCc3sccc3[C@H]2c2cccs2)cccc1[N+](=O)[O-]. The molecule has 0 saturated carbocycles. The molecule has 0 radical (unpaired) electrons. The van der Waals surface area contributed by atoms with Crippen LogP contribution in [0.25, 0.3) is 0 Å². The van der Waals surface area contributed by atoms with Crippen molar-refractivity contribution in [3.63, 3.8) is 0 Å². The van der Waals surface area contributed by atoms with Gasteiger partial charge in [0.2, 0.25) is 5.91 Å². The van der Waals surface area contributed by atoms with Gasteiger partial charge in [0.25, 0.3) is 5.69 Å². The third-order valence-electron chi connectivity index (χ3n) is 5.00. The molecule has 0 saturated heterocycles. The average Bonchev–Trinajstić information content (AvgIpc) is 3.34. The lowest BCUT2D eigenvalue weighted by Crippen LogP contribution is -2.40. The zero-order chi connectivity index (χ0) is 19.7. The molecule has 0 spiro atoms. The number of thiophene rings is 2. The van der Waals surface area contributed by atoms with Gasteiger partial charge in [-0.15, -0.1) is 22.7 Å². The highest BCUT2D eigenvalue weighted by Gasteiger charge is 2.31. The molecule has 1 aliphatic rings. The summed E-state index contributed by atoms with van der Waals surface area (Å²) < 4.78 is 0. The van der Waals surface area contributed by atoms with Crippen LogP contribution in [0.3, 0.4) is 0 Å². The van der Waals surface area contributed by atoms with Gasteiger partial charge in [0.15, 0.2) is 0 Å². The van der Waals surface area contributed by atoms with Crippen LogP contribution in [-0.2, 0) is 11.2 Å². The maximum absolute atomic E-state index is 12.8. The van der Waals surface area contributed by atoms with Gasteiger partial charge in [-0.05, 0) is 47.9 Å². The van der Waals surface area contributed by atoms with E-state index in [1.165, 1.54) is 21.4 Å². The average molecular weight is 414 g/mol. The minimum Gasteiger partial charge on any atom is -0.324 e. The van der Waals surface area contributed by atoms with E-state index in [9.17, 15) is 14.9 Å². The van der Waals surface area contributed by atoms with Gasteiger partial charge in [0.05, 0.1) is 28.8 Å². The number of nitrogens with one attached hydrogen (secondary N) is 1. The van der Waals surface area contributed by atoms with Crippen LogP contribution in [0.4, 0.5) is 11.4 Å². The largest absolute Gasteiger partial charge is 0.324 e. The Morgan fingerprint density at radius 1 is 1.25 bits per heavy atom. The highest BCUT2D eigenvalue weighted by molar-refractivity contribution is 7.10. The first-order chi connectivity index (χ1) is 13.5. The van der Waals surface area contributed by atoms with Crippen molar-refractivity contribution in [1.29, 1.82) is 0 Å².